The Hall–Kier alpha value is -6.16. The third-order valence-electron chi connectivity index (χ3n) is 11.0. The summed E-state index contributed by atoms with van der Waals surface area (Å²) in [6.07, 6.45) is 7.09. The van der Waals surface area contributed by atoms with Crippen molar-refractivity contribution in [2.24, 2.45) is 20.0 Å². The van der Waals surface area contributed by atoms with E-state index in [1.807, 2.05) is 0 Å². The predicted molar refractivity (Wildman–Crippen MR) is 218 cm³/mol. The maximum absolute atomic E-state index is 11.7. The number of allylic oxidation sites excluding steroid dienone is 12. The second kappa shape index (κ2) is 14.0. The number of nitro groups is 2. The maximum atomic E-state index is 11.7. The molecule has 0 saturated heterocycles. The minimum Gasteiger partial charge on any atom is -0.258 e. The maximum Gasteiger partial charge on any atom is 0.269 e. The largest absolute Gasteiger partial charge is 0.269 e. The van der Waals surface area contributed by atoms with Crippen LogP contribution in [0.15, 0.2) is 148 Å². The lowest BCUT2D eigenvalue weighted by atomic mass is 9.90. The van der Waals surface area contributed by atoms with Crippen LogP contribution in [-0.4, -0.2) is 32.7 Å². The fraction of sp³-hybridized carbons (Fsp3) is 0.273. The van der Waals surface area contributed by atoms with E-state index in [0.717, 1.165) is 138 Å². The van der Waals surface area contributed by atoms with Crippen LogP contribution in [0.2, 0.25) is 0 Å². The van der Waals surface area contributed by atoms with Crippen molar-refractivity contribution in [2.45, 2.75) is 81.1 Å². The molecule has 2 aromatic carbocycles. The fourth-order valence-corrected chi connectivity index (χ4v) is 8.19. The monoisotopic (exact) mass is 718 g/mol. The molecule has 5 aliphatic rings. The molecule has 7 rings (SSSR count). The first-order chi connectivity index (χ1) is 25.9. The van der Waals surface area contributed by atoms with E-state index in [1.54, 1.807) is 24.3 Å². The van der Waals surface area contributed by atoms with Gasteiger partial charge in [-0.1, -0.05) is 27.7 Å². The average Bonchev–Trinajstić information content (AvgIpc) is 3.85. The zero-order valence-corrected chi connectivity index (χ0v) is 31.9. The van der Waals surface area contributed by atoms with Gasteiger partial charge >= 0.3 is 0 Å². The van der Waals surface area contributed by atoms with Crippen LogP contribution in [0.5, 0.6) is 0 Å². The number of aliphatic imine (C=N–C) groups is 4. The quantitative estimate of drug-likeness (QED) is 0.198. The zero-order chi connectivity index (χ0) is 38.6. The molecule has 0 aliphatic carbocycles. The Morgan fingerprint density at radius 2 is 0.815 bits per heavy atom. The Labute approximate surface area is 315 Å². The van der Waals surface area contributed by atoms with Gasteiger partial charge in [0.25, 0.3) is 11.4 Å². The summed E-state index contributed by atoms with van der Waals surface area (Å²) in [5.74, 6) is 0. The number of fused-ring (bicyclic) bond motifs is 4. The highest BCUT2D eigenvalue weighted by Gasteiger charge is 2.34. The van der Waals surface area contributed by atoms with Crippen LogP contribution in [0.1, 0.15) is 92.2 Å². The summed E-state index contributed by atoms with van der Waals surface area (Å²) in [7, 11) is 0. The molecule has 0 unspecified atom stereocenters. The molecule has 0 spiro atoms. The molecule has 0 amide bonds. The molecular formula is C44H42N6O4. The average molecular weight is 719 g/mol. The molecular weight excluding hydrogens is 677 g/mol. The van der Waals surface area contributed by atoms with Gasteiger partial charge in [-0.05, 0) is 146 Å². The highest BCUT2D eigenvalue weighted by Crippen LogP contribution is 2.44. The molecule has 5 aliphatic heterocycles. The minimum absolute atomic E-state index is 0.0180. The molecule has 2 aromatic rings. The topological polar surface area (TPSA) is 136 Å². The predicted octanol–water partition coefficient (Wildman–Crippen LogP) is 11.1. The molecule has 0 radical (unpaired) electrons. The third-order valence-corrected chi connectivity index (χ3v) is 11.0. The number of benzene rings is 2. The highest BCUT2D eigenvalue weighted by atomic mass is 16.6. The number of non-ortho nitro benzene ring substituents is 2. The molecule has 10 heteroatoms. The lowest BCUT2D eigenvalue weighted by Gasteiger charge is -2.13. The van der Waals surface area contributed by atoms with Crippen molar-refractivity contribution in [3.8, 4) is 0 Å². The van der Waals surface area contributed by atoms with E-state index >= 15 is 0 Å². The van der Waals surface area contributed by atoms with Gasteiger partial charge in [-0.15, -0.1) is 0 Å². The van der Waals surface area contributed by atoms with Gasteiger partial charge in [-0.3, -0.25) is 20.2 Å². The van der Waals surface area contributed by atoms with Crippen LogP contribution >= 0.6 is 0 Å². The summed E-state index contributed by atoms with van der Waals surface area (Å²) < 4.78 is 0. The van der Waals surface area contributed by atoms with E-state index in [4.69, 9.17) is 20.0 Å². The van der Waals surface area contributed by atoms with Gasteiger partial charge in [0.15, 0.2) is 0 Å². The second-order valence-corrected chi connectivity index (χ2v) is 13.9. The summed E-state index contributed by atoms with van der Waals surface area (Å²) in [5, 5.41) is 23.3. The molecule has 0 fully saturated rings. The molecule has 54 heavy (non-hydrogen) atoms. The van der Waals surface area contributed by atoms with Gasteiger partial charge in [-0.2, -0.15) is 0 Å². The van der Waals surface area contributed by atoms with E-state index in [0.29, 0.717) is 0 Å². The van der Waals surface area contributed by atoms with Crippen LogP contribution < -0.4 is 0 Å². The van der Waals surface area contributed by atoms with Gasteiger partial charge in [0.1, 0.15) is 0 Å². The fourth-order valence-electron chi connectivity index (χ4n) is 8.19. The third kappa shape index (κ3) is 5.82. The number of nitro benzene ring substituents is 2. The van der Waals surface area contributed by atoms with Crippen molar-refractivity contribution in [1.82, 2.24) is 0 Å². The SMILES string of the molecule is CCC1=C(C)C2=NC1=CC1=NC(=C(c3ccc([N+](=O)[O-])cc3)C3=NC(=CC4=NC(=C2c2ccc([N+](=O)[O-])cc2)C(C)=C4CC)C(CC)=C3C)C(C)=C1CC. The lowest BCUT2D eigenvalue weighted by Crippen LogP contribution is -2.06. The molecule has 0 N–H and O–H groups in total. The van der Waals surface area contributed by atoms with Crippen LogP contribution in [0.4, 0.5) is 11.4 Å². The smallest absolute Gasteiger partial charge is 0.258 e. The summed E-state index contributed by atoms with van der Waals surface area (Å²) in [6, 6.07) is 13.3. The van der Waals surface area contributed by atoms with Gasteiger partial charge in [-0.25, -0.2) is 20.0 Å². The van der Waals surface area contributed by atoms with E-state index in [1.165, 1.54) is 24.3 Å². The van der Waals surface area contributed by atoms with Crippen molar-refractivity contribution in [3.05, 3.63) is 159 Å². The van der Waals surface area contributed by atoms with E-state index in [2.05, 4.69) is 67.5 Å². The van der Waals surface area contributed by atoms with Crippen LogP contribution in [0, 0.1) is 20.2 Å². The van der Waals surface area contributed by atoms with Gasteiger partial charge in [0, 0.05) is 35.4 Å². The Morgan fingerprint density at radius 3 is 1.11 bits per heavy atom. The molecule has 8 bridgehead atoms. The Bertz CT molecular complexity index is 2300. The number of nitrogens with zero attached hydrogens (tertiary/aromatic N) is 6. The van der Waals surface area contributed by atoms with Crippen molar-refractivity contribution in [3.63, 3.8) is 0 Å². The Morgan fingerprint density at radius 1 is 0.481 bits per heavy atom. The Balaban J connectivity index is 1.61. The first kappa shape index (κ1) is 36.2. The standard InChI is InChI=1S/C44H42N6O4/c1-9-31-23(5)41-39(27-13-17-29(18-14-27)49(51)52)42-25(7)33(11-3)37(47-42)22-38-34(12-4)26(8)44(48-38)40(28-15-19-30(20-16-28)50(53)54)43-24(6)32(10-2)36(46-43)21-35(31)45-41/h13-22H,9-12H2,1-8H3. The first-order valence-electron chi connectivity index (χ1n) is 18.5. The van der Waals surface area contributed by atoms with E-state index < -0.39 is 0 Å². The van der Waals surface area contributed by atoms with Crippen molar-refractivity contribution >= 4 is 45.4 Å². The molecule has 0 aromatic heterocycles. The highest BCUT2D eigenvalue weighted by molar-refractivity contribution is 6.37. The van der Waals surface area contributed by atoms with Crippen LogP contribution in [0.25, 0.3) is 11.1 Å². The molecule has 0 saturated carbocycles. The summed E-state index contributed by atoms with van der Waals surface area (Å²) in [5.41, 5.74) is 18.2. The van der Waals surface area contributed by atoms with Gasteiger partial charge in [0.2, 0.25) is 0 Å². The normalized spacial score (nSPS) is 18.4. The van der Waals surface area contributed by atoms with Crippen LogP contribution in [0.3, 0.4) is 0 Å². The number of hydrogen-bond acceptors (Lipinski definition) is 8. The lowest BCUT2D eigenvalue weighted by molar-refractivity contribution is -0.385. The summed E-state index contributed by atoms with van der Waals surface area (Å²) in [6.45, 7) is 16.8. The molecule has 0 atom stereocenters. The van der Waals surface area contributed by atoms with Crippen molar-refractivity contribution < 1.29 is 9.85 Å². The minimum atomic E-state index is -0.386. The molecule has 10 nitrogen and oxygen atoms in total. The molecule has 5 heterocycles. The summed E-state index contributed by atoms with van der Waals surface area (Å²) >= 11 is 0. The van der Waals surface area contributed by atoms with Crippen molar-refractivity contribution in [2.75, 3.05) is 0 Å². The second-order valence-electron chi connectivity index (χ2n) is 13.9. The first-order valence-corrected chi connectivity index (χ1v) is 18.5. The van der Waals surface area contributed by atoms with Crippen LogP contribution in [-0.2, 0) is 0 Å². The van der Waals surface area contributed by atoms with Gasteiger partial charge in [0.05, 0.1) is 55.5 Å². The Kier molecular flexibility index (Phi) is 9.39. The number of hydrogen-bond donors (Lipinski definition) is 0. The summed E-state index contributed by atoms with van der Waals surface area (Å²) in [4.78, 5) is 43.9. The van der Waals surface area contributed by atoms with E-state index in [-0.39, 0.29) is 21.2 Å². The zero-order valence-electron chi connectivity index (χ0n) is 31.9. The van der Waals surface area contributed by atoms with E-state index in [9.17, 15) is 20.2 Å². The molecule has 272 valence electrons. The van der Waals surface area contributed by atoms with Gasteiger partial charge < -0.3 is 0 Å². The number of rotatable bonds is 8. The van der Waals surface area contributed by atoms with Crippen molar-refractivity contribution in [1.29, 1.82) is 0 Å².